The Morgan fingerprint density at radius 2 is 1.23 bits per heavy atom. The number of epoxide rings is 1. The third-order valence-electron chi connectivity index (χ3n) is 9.50. The third kappa shape index (κ3) is 13.8. The molecule has 4 rings (SSSR count). The zero-order chi connectivity index (χ0) is 37.7. The first kappa shape index (κ1) is 40.7. The van der Waals surface area contributed by atoms with Crippen molar-refractivity contribution in [2.75, 3.05) is 13.2 Å². The van der Waals surface area contributed by atoms with Crippen LogP contribution in [0.5, 0.6) is 0 Å². The predicted molar refractivity (Wildman–Crippen MR) is 201 cm³/mol. The van der Waals surface area contributed by atoms with Crippen molar-refractivity contribution in [3.63, 3.8) is 0 Å². The zero-order valence-electron chi connectivity index (χ0n) is 31.5. The Kier molecular flexibility index (Phi) is 15.4. The second-order valence-corrected chi connectivity index (χ2v) is 15.5. The molecule has 11 heteroatoms. The van der Waals surface area contributed by atoms with E-state index in [0.717, 1.165) is 17.7 Å². The molecular formula is C41H59N5O6. The number of aryl methyl sites for hydroxylation is 1. The number of hydrogen-bond donors (Lipinski definition) is 5. The van der Waals surface area contributed by atoms with Gasteiger partial charge in [-0.15, -0.1) is 0 Å². The van der Waals surface area contributed by atoms with E-state index in [2.05, 4.69) is 26.6 Å². The van der Waals surface area contributed by atoms with Crippen LogP contribution in [-0.4, -0.2) is 78.4 Å². The fourth-order valence-electron chi connectivity index (χ4n) is 6.23. The van der Waals surface area contributed by atoms with Crippen LogP contribution in [0.2, 0.25) is 0 Å². The molecule has 0 aromatic heterocycles. The molecule has 11 nitrogen and oxygen atoms in total. The van der Waals surface area contributed by atoms with Gasteiger partial charge in [0.15, 0.2) is 5.78 Å². The van der Waals surface area contributed by atoms with Crippen LogP contribution in [0.3, 0.4) is 0 Å². The number of carbonyl (C=O) groups is 5. The van der Waals surface area contributed by atoms with Crippen LogP contribution >= 0.6 is 0 Å². The molecule has 2 aliphatic rings. The van der Waals surface area contributed by atoms with Crippen LogP contribution in [-0.2, 0) is 41.6 Å². The second-order valence-electron chi connectivity index (χ2n) is 15.5. The number of amides is 4. The number of Topliss-reactive ketones (excluding diaryl/α,β-unsaturated/α-hetero) is 1. The average Bonchev–Trinajstić information content (AvgIpc) is 4.06. The molecule has 1 heterocycles. The van der Waals surface area contributed by atoms with Crippen molar-refractivity contribution in [3.05, 3.63) is 71.8 Å². The summed E-state index contributed by atoms with van der Waals surface area (Å²) in [6.45, 7) is 10.6. The van der Waals surface area contributed by atoms with Gasteiger partial charge in [0.05, 0.1) is 12.6 Å². The monoisotopic (exact) mass is 717 g/mol. The molecule has 1 aliphatic heterocycles. The van der Waals surface area contributed by atoms with E-state index in [1.54, 1.807) is 6.92 Å². The number of ketones is 1. The SMILES string of the molecule is CC(C)C[C@H](NC(=O)[C@H](CCc1ccccc1)NC(=O)CCCNC1CC1)C(=O)N[C@@H](Cc1ccccc1)C(=O)N[C@@H](CC(C)C)C(=O)[C@@]1(C)CO1. The minimum Gasteiger partial charge on any atom is -0.361 e. The van der Waals surface area contributed by atoms with E-state index in [9.17, 15) is 24.0 Å². The van der Waals surface area contributed by atoms with Gasteiger partial charge in [-0.1, -0.05) is 88.4 Å². The highest BCUT2D eigenvalue weighted by Gasteiger charge is 2.50. The van der Waals surface area contributed by atoms with E-state index in [0.29, 0.717) is 44.8 Å². The fraction of sp³-hybridized carbons (Fsp3) is 0.585. The van der Waals surface area contributed by atoms with Gasteiger partial charge in [0.1, 0.15) is 23.7 Å². The molecule has 52 heavy (non-hydrogen) atoms. The van der Waals surface area contributed by atoms with E-state index in [1.807, 2.05) is 88.4 Å². The number of rotatable bonds is 23. The number of hydrogen-bond acceptors (Lipinski definition) is 7. The van der Waals surface area contributed by atoms with Crippen molar-refractivity contribution in [2.45, 2.75) is 128 Å². The van der Waals surface area contributed by atoms with E-state index in [-0.39, 0.29) is 36.4 Å². The predicted octanol–water partition coefficient (Wildman–Crippen LogP) is 3.78. The Hall–Kier alpha value is -4.09. The lowest BCUT2D eigenvalue weighted by Crippen LogP contribution is -2.59. The lowest BCUT2D eigenvalue weighted by atomic mass is 9.93. The molecule has 0 spiro atoms. The van der Waals surface area contributed by atoms with Crippen molar-refractivity contribution in [1.29, 1.82) is 0 Å². The van der Waals surface area contributed by atoms with Gasteiger partial charge in [0.2, 0.25) is 23.6 Å². The normalized spacial score (nSPS) is 18.9. The van der Waals surface area contributed by atoms with Gasteiger partial charge in [0, 0.05) is 18.9 Å². The lowest BCUT2D eigenvalue weighted by molar-refractivity contribution is -0.135. The first-order valence-corrected chi connectivity index (χ1v) is 19.0. The van der Waals surface area contributed by atoms with Crippen molar-refractivity contribution in [1.82, 2.24) is 26.6 Å². The molecule has 2 aromatic carbocycles. The highest BCUT2D eigenvalue weighted by Crippen LogP contribution is 2.29. The summed E-state index contributed by atoms with van der Waals surface area (Å²) in [5.74, 6) is -1.70. The molecule has 0 bridgehead atoms. The third-order valence-corrected chi connectivity index (χ3v) is 9.50. The molecule has 5 N–H and O–H groups in total. The molecule has 1 saturated carbocycles. The highest BCUT2D eigenvalue weighted by molar-refractivity contribution is 5.98. The van der Waals surface area contributed by atoms with Crippen LogP contribution in [0.25, 0.3) is 0 Å². The molecule has 5 atom stereocenters. The minimum atomic E-state index is -1.02. The topological polar surface area (TPSA) is 158 Å². The largest absolute Gasteiger partial charge is 0.361 e. The number of benzene rings is 2. The van der Waals surface area contributed by atoms with Crippen LogP contribution < -0.4 is 26.6 Å². The summed E-state index contributed by atoms with van der Waals surface area (Å²) >= 11 is 0. The molecule has 1 aliphatic carbocycles. The molecule has 0 radical (unpaired) electrons. The van der Waals surface area contributed by atoms with Gasteiger partial charge in [-0.3, -0.25) is 24.0 Å². The maximum Gasteiger partial charge on any atom is 0.243 e. The summed E-state index contributed by atoms with van der Waals surface area (Å²) in [6, 6.07) is 16.0. The van der Waals surface area contributed by atoms with Gasteiger partial charge in [-0.25, -0.2) is 0 Å². The molecule has 2 aromatic rings. The molecular weight excluding hydrogens is 658 g/mol. The Morgan fingerprint density at radius 1 is 0.712 bits per heavy atom. The molecule has 284 valence electrons. The Morgan fingerprint density at radius 3 is 1.81 bits per heavy atom. The van der Waals surface area contributed by atoms with Crippen LogP contribution in [0, 0.1) is 11.8 Å². The number of nitrogens with one attached hydrogen (secondary N) is 5. The summed E-state index contributed by atoms with van der Waals surface area (Å²) < 4.78 is 5.41. The fourth-order valence-corrected chi connectivity index (χ4v) is 6.23. The van der Waals surface area contributed by atoms with Crippen LogP contribution in [0.4, 0.5) is 0 Å². The van der Waals surface area contributed by atoms with Gasteiger partial charge in [0.25, 0.3) is 0 Å². The van der Waals surface area contributed by atoms with Gasteiger partial charge < -0.3 is 31.3 Å². The quantitative estimate of drug-likeness (QED) is 0.0865. The number of carbonyl (C=O) groups excluding carboxylic acids is 5. The molecule has 0 unspecified atom stereocenters. The average molecular weight is 718 g/mol. The minimum absolute atomic E-state index is 0.0288. The Bertz CT molecular complexity index is 1480. The zero-order valence-corrected chi connectivity index (χ0v) is 31.5. The summed E-state index contributed by atoms with van der Waals surface area (Å²) in [6.07, 6.45) is 5.12. The van der Waals surface area contributed by atoms with E-state index < -0.39 is 47.5 Å². The lowest BCUT2D eigenvalue weighted by Gasteiger charge is -2.28. The van der Waals surface area contributed by atoms with E-state index >= 15 is 0 Å². The first-order chi connectivity index (χ1) is 24.8. The van der Waals surface area contributed by atoms with Crippen molar-refractivity contribution in [3.8, 4) is 0 Å². The summed E-state index contributed by atoms with van der Waals surface area (Å²) in [5, 5.41) is 15.1. The van der Waals surface area contributed by atoms with Crippen molar-refractivity contribution >= 4 is 29.4 Å². The van der Waals surface area contributed by atoms with Gasteiger partial charge >= 0.3 is 0 Å². The Labute approximate surface area is 309 Å². The van der Waals surface area contributed by atoms with E-state index in [4.69, 9.17) is 4.74 Å². The summed E-state index contributed by atoms with van der Waals surface area (Å²) in [5.41, 5.74) is 0.941. The molecule has 1 saturated heterocycles. The summed E-state index contributed by atoms with van der Waals surface area (Å²) in [4.78, 5) is 68.2. The standard InChI is InChI=1S/C41H59N5O6/c1-27(2)23-33(37(48)41(5)26-52-41)44-40(51)35(25-30-15-10-7-11-16-30)46-39(50)34(24-28(3)4)45-38(49)32(21-18-29-13-8-6-9-14-29)43-36(47)17-12-22-42-31-19-20-31/h6-11,13-16,27-28,31-35,42H,12,17-26H2,1-5H3,(H,43,47)(H,44,51)(H,45,49)(H,46,50)/t32-,33-,34-,35-,41+/m0/s1. The highest BCUT2D eigenvalue weighted by atomic mass is 16.6. The van der Waals surface area contributed by atoms with Crippen molar-refractivity contribution < 1.29 is 28.7 Å². The smallest absolute Gasteiger partial charge is 0.243 e. The number of ether oxygens (including phenoxy) is 1. The molecule has 4 amide bonds. The maximum absolute atomic E-state index is 14.1. The molecule has 2 fully saturated rings. The van der Waals surface area contributed by atoms with Gasteiger partial charge in [-0.2, -0.15) is 0 Å². The van der Waals surface area contributed by atoms with Gasteiger partial charge in [-0.05, 0) is 81.4 Å². The van der Waals surface area contributed by atoms with E-state index in [1.165, 1.54) is 12.8 Å². The van der Waals surface area contributed by atoms with Crippen molar-refractivity contribution in [2.24, 2.45) is 11.8 Å². The Balaban J connectivity index is 1.48. The maximum atomic E-state index is 14.1. The summed E-state index contributed by atoms with van der Waals surface area (Å²) in [7, 11) is 0. The first-order valence-electron chi connectivity index (χ1n) is 19.0. The van der Waals surface area contributed by atoms with Crippen LogP contribution in [0.15, 0.2) is 60.7 Å². The van der Waals surface area contributed by atoms with Crippen LogP contribution in [0.1, 0.15) is 90.7 Å². The second kappa shape index (κ2) is 19.7.